The first-order valence-electron chi connectivity index (χ1n) is 9.84. The molecule has 2 heterocycles. The smallest absolute Gasteiger partial charge is 0.204 e. The Morgan fingerprint density at radius 3 is 2.67 bits per heavy atom. The minimum atomic E-state index is -0.284. The number of ether oxygens (including phenoxy) is 2. The summed E-state index contributed by atoms with van der Waals surface area (Å²) in [5.41, 5.74) is 3.74. The maximum absolute atomic E-state index is 13.2. The van der Waals surface area contributed by atoms with Crippen LogP contribution in [0.1, 0.15) is 26.3 Å². The van der Waals surface area contributed by atoms with Crippen LogP contribution in [-0.4, -0.2) is 17.8 Å². The largest absolute Gasteiger partial charge is 0.507 e. The monoisotopic (exact) mass is 404 g/mol. The van der Waals surface area contributed by atoms with E-state index in [1.165, 1.54) is 11.8 Å². The molecule has 0 spiro atoms. The quantitative estimate of drug-likeness (QED) is 0.578. The summed E-state index contributed by atoms with van der Waals surface area (Å²) in [6.07, 6.45) is 3.68. The van der Waals surface area contributed by atoms with Gasteiger partial charge in [-0.15, -0.1) is 0 Å². The van der Waals surface area contributed by atoms with Crippen molar-refractivity contribution in [3.63, 3.8) is 0 Å². The SMILES string of the molecule is C=C(C)C1Cc2c(cc3occ(-c4ccc(OCC=C(C)C)cc4)c(=O)c3c2O)O1. The molecule has 1 atom stereocenters. The number of benzene rings is 2. The van der Waals surface area contributed by atoms with Crippen LogP contribution >= 0.6 is 0 Å². The highest BCUT2D eigenvalue weighted by atomic mass is 16.5. The Hall–Kier alpha value is -3.47. The average molecular weight is 404 g/mol. The number of fused-ring (bicyclic) bond motifs is 2. The first-order valence-corrected chi connectivity index (χ1v) is 9.84. The van der Waals surface area contributed by atoms with Gasteiger partial charge in [0.05, 0.1) is 5.56 Å². The Kier molecular flexibility index (Phi) is 5.12. The molecule has 0 radical (unpaired) electrons. The number of rotatable bonds is 5. The van der Waals surface area contributed by atoms with Crippen LogP contribution in [-0.2, 0) is 6.42 Å². The van der Waals surface area contributed by atoms with Gasteiger partial charge in [-0.25, -0.2) is 0 Å². The number of hydrogen-bond acceptors (Lipinski definition) is 5. The predicted molar refractivity (Wildman–Crippen MR) is 117 cm³/mol. The zero-order chi connectivity index (χ0) is 21.4. The maximum Gasteiger partial charge on any atom is 0.204 e. The first kappa shape index (κ1) is 19.8. The van der Waals surface area contributed by atoms with Crippen LogP contribution in [0.2, 0.25) is 0 Å². The van der Waals surface area contributed by atoms with Gasteiger partial charge in [0.2, 0.25) is 5.43 Å². The third kappa shape index (κ3) is 3.59. The molecule has 3 aromatic rings. The van der Waals surface area contributed by atoms with Gasteiger partial charge in [-0.05, 0) is 50.1 Å². The fraction of sp³-hybridized carbons (Fsp3) is 0.240. The molecule has 5 nitrogen and oxygen atoms in total. The molecule has 0 saturated carbocycles. The lowest BCUT2D eigenvalue weighted by Gasteiger charge is -2.09. The van der Waals surface area contributed by atoms with E-state index in [1.807, 2.05) is 39.0 Å². The maximum atomic E-state index is 13.2. The van der Waals surface area contributed by atoms with E-state index in [9.17, 15) is 9.90 Å². The number of hydrogen-bond donors (Lipinski definition) is 1. The standard InChI is InChI=1S/C25H24O5/c1-14(2)9-10-28-17-7-5-16(6-8-17)19-13-29-22-12-21-18(11-20(30-21)15(3)4)24(26)23(22)25(19)27/h5-9,12-13,20,26H,3,10-11H2,1-2,4H3. The number of phenols is 1. The zero-order valence-electron chi connectivity index (χ0n) is 17.3. The van der Waals surface area contributed by atoms with Crippen molar-refractivity contribution in [2.45, 2.75) is 33.3 Å². The van der Waals surface area contributed by atoms with Gasteiger partial charge in [0.1, 0.15) is 47.2 Å². The number of aromatic hydroxyl groups is 1. The third-order valence-electron chi connectivity index (χ3n) is 5.22. The van der Waals surface area contributed by atoms with Crippen LogP contribution in [0.3, 0.4) is 0 Å². The molecular weight excluding hydrogens is 380 g/mol. The van der Waals surface area contributed by atoms with Crippen molar-refractivity contribution in [1.29, 1.82) is 0 Å². The normalized spacial score (nSPS) is 14.8. The van der Waals surface area contributed by atoms with Gasteiger partial charge in [-0.3, -0.25) is 4.79 Å². The summed E-state index contributed by atoms with van der Waals surface area (Å²) < 4.78 is 17.2. The molecular formula is C25H24O5. The van der Waals surface area contributed by atoms with Gasteiger partial charge < -0.3 is 19.0 Å². The predicted octanol–water partition coefficient (Wildman–Crippen LogP) is 5.39. The lowest BCUT2D eigenvalue weighted by Crippen LogP contribution is -2.13. The summed E-state index contributed by atoms with van der Waals surface area (Å²) >= 11 is 0. The van der Waals surface area contributed by atoms with E-state index >= 15 is 0 Å². The van der Waals surface area contributed by atoms with Crippen molar-refractivity contribution >= 4 is 11.0 Å². The van der Waals surface area contributed by atoms with Gasteiger partial charge in [0.25, 0.3) is 0 Å². The minimum Gasteiger partial charge on any atom is -0.507 e. The molecule has 0 aliphatic carbocycles. The van der Waals surface area contributed by atoms with Crippen molar-refractivity contribution in [3.8, 4) is 28.4 Å². The molecule has 0 saturated heterocycles. The molecule has 0 amide bonds. The van der Waals surface area contributed by atoms with E-state index in [0.29, 0.717) is 46.8 Å². The van der Waals surface area contributed by atoms with Crippen molar-refractivity contribution in [1.82, 2.24) is 0 Å². The third-order valence-corrected chi connectivity index (χ3v) is 5.22. The topological polar surface area (TPSA) is 68.9 Å². The van der Waals surface area contributed by atoms with Crippen LogP contribution in [0.15, 0.2) is 69.6 Å². The van der Waals surface area contributed by atoms with Crippen molar-refractivity contribution < 1.29 is 19.0 Å². The molecule has 30 heavy (non-hydrogen) atoms. The molecule has 4 rings (SSSR count). The van der Waals surface area contributed by atoms with Gasteiger partial charge >= 0.3 is 0 Å². The number of allylic oxidation sites excluding steroid dienone is 1. The molecule has 0 fully saturated rings. The van der Waals surface area contributed by atoms with Gasteiger partial charge in [0.15, 0.2) is 0 Å². The summed E-state index contributed by atoms with van der Waals surface area (Å²) in [7, 11) is 0. The number of phenolic OH excluding ortho intramolecular Hbond substituents is 1. The minimum absolute atomic E-state index is 0.0801. The Labute approximate surface area is 174 Å². The lowest BCUT2D eigenvalue weighted by atomic mass is 10.0. The molecule has 1 aromatic heterocycles. The average Bonchev–Trinajstić information content (AvgIpc) is 3.14. The molecule has 1 unspecified atom stereocenters. The van der Waals surface area contributed by atoms with Gasteiger partial charge in [-0.2, -0.15) is 0 Å². The van der Waals surface area contributed by atoms with E-state index < -0.39 is 0 Å². The van der Waals surface area contributed by atoms with Crippen LogP contribution in [0.4, 0.5) is 0 Å². The molecule has 1 aliphatic heterocycles. The van der Waals surface area contributed by atoms with Crippen molar-refractivity contribution in [2.24, 2.45) is 0 Å². The molecule has 1 aliphatic rings. The van der Waals surface area contributed by atoms with E-state index in [0.717, 1.165) is 5.57 Å². The van der Waals surface area contributed by atoms with Crippen LogP contribution < -0.4 is 14.9 Å². The van der Waals surface area contributed by atoms with Crippen molar-refractivity contribution in [3.05, 3.63) is 76.2 Å². The van der Waals surface area contributed by atoms with Gasteiger partial charge in [-0.1, -0.05) is 24.3 Å². The second-order valence-electron chi connectivity index (χ2n) is 7.83. The van der Waals surface area contributed by atoms with E-state index in [2.05, 4.69) is 6.58 Å². The molecule has 2 aromatic carbocycles. The highest BCUT2D eigenvalue weighted by molar-refractivity contribution is 5.90. The highest BCUT2D eigenvalue weighted by Gasteiger charge is 2.29. The Bertz CT molecular complexity index is 1210. The molecule has 5 heteroatoms. The summed E-state index contributed by atoms with van der Waals surface area (Å²) in [6, 6.07) is 8.90. The van der Waals surface area contributed by atoms with E-state index in [-0.39, 0.29) is 22.7 Å². The Balaban J connectivity index is 1.70. The Morgan fingerprint density at radius 2 is 2.00 bits per heavy atom. The van der Waals surface area contributed by atoms with Crippen LogP contribution in [0.5, 0.6) is 17.2 Å². The summed E-state index contributed by atoms with van der Waals surface area (Å²) in [5.74, 6) is 1.16. The summed E-state index contributed by atoms with van der Waals surface area (Å²) in [4.78, 5) is 13.2. The van der Waals surface area contributed by atoms with Gasteiger partial charge in [0, 0.05) is 18.1 Å². The summed E-state index contributed by atoms with van der Waals surface area (Å²) in [6.45, 7) is 10.3. The van der Waals surface area contributed by atoms with Crippen LogP contribution in [0, 0.1) is 0 Å². The molecule has 154 valence electrons. The molecule has 1 N–H and O–H groups in total. The lowest BCUT2D eigenvalue weighted by molar-refractivity contribution is 0.271. The fourth-order valence-electron chi connectivity index (χ4n) is 3.48. The second-order valence-corrected chi connectivity index (χ2v) is 7.83. The van der Waals surface area contributed by atoms with E-state index in [1.54, 1.807) is 18.2 Å². The van der Waals surface area contributed by atoms with Crippen LogP contribution in [0.25, 0.3) is 22.1 Å². The van der Waals surface area contributed by atoms with Crippen molar-refractivity contribution in [2.75, 3.05) is 6.61 Å². The fourth-order valence-corrected chi connectivity index (χ4v) is 3.48. The first-order chi connectivity index (χ1) is 14.3. The summed E-state index contributed by atoms with van der Waals surface area (Å²) in [5, 5.41) is 11.0. The Morgan fingerprint density at radius 1 is 1.27 bits per heavy atom. The second kappa shape index (κ2) is 7.75. The van der Waals surface area contributed by atoms with E-state index in [4.69, 9.17) is 13.9 Å². The molecule has 0 bridgehead atoms. The highest BCUT2D eigenvalue weighted by Crippen LogP contribution is 2.41. The zero-order valence-corrected chi connectivity index (χ0v) is 17.3.